The van der Waals surface area contributed by atoms with Crippen molar-refractivity contribution in [3.05, 3.63) is 71.6 Å². The van der Waals surface area contributed by atoms with Crippen molar-refractivity contribution >= 4 is 17.4 Å². The van der Waals surface area contributed by atoms with Crippen LogP contribution < -0.4 is 0 Å². The lowest BCUT2D eigenvalue weighted by molar-refractivity contribution is -0.140. The first-order valence-corrected chi connectivity index (χ1v) is 12.1. The number of aliphatic hydroxyl groups excluding tert-OH is 1. The van der Waals surface area contributed by atoms with E-state index in [0.29, 0.717) is 17.8 Å². The van der Waals surface area contributed by atoms with Gasteiger partial charge in [0.05, 0.1) is 11.3 Å². The standard InChI is InChI=1S/C27H35N3O3/c1-3-5-17-29(18-6-4-2)19-12-20-30-24(22-15-10-11-16-28-22)23(26(32)27(30)33)25(31)21-13-8-7-9-14-21/h7-11,13-16,24,31H,3-6,12,17-20H2,1-2H3/t24-/m1/s1. The summed E-state index contributed by atoms with van der Waals surface area (Å²) in [7, 11) is 0. The van der Waals surface area contributed by atoms with E-state index in [1.807, 2.05) is 12.1 Å². The van der Waals surface area contributed by atoms with Crippen LogP contribution in [0.15, 0.2) is 60.3 Å². The molecular weight excluding hydrogens is 414 g/mol. The van der Waals surface area contributed by atoms with E-state index < -0.39 is 17.7 Å². The van der Waals surface area contributed by atoms with Crippen LogP contribution in [-0.4, -0.2) is 57.8 Å². The summed E-state index contributed by atoms with van der Waals surface area (Å²) in [6, 6.07) is 13.6. The molecule has 0 aliphatic carbocycles. The Morgan fingerprint density at radius 1 is 0.939 bits per heavy atom. The zero-order valence-corrected chi connectivity index (χ0v) is 19.7. The second-order valence-electron chi connectivity index (χ2n) is 8.52. The quantitative estimate of drug-likeness (QED) is 0.286. The third-order valence-corrected chi connectivity index (χ3v) is 6.08. The summed E-state index contributed by atoms with van der Waals surface area (Å²) in [5, 5.41) is 11.0. The van der Waals surface area contributed by atoms with Gasteiger partial charge in [-0.3, -0.25) is 14.6 Å². The van der Waals surface area contributed by atoms with Gasteiger partial charge in [0.25, 0.3) is 11.7 Å². The molecule has 0 unspecified atom stereocenters. The van der Waals surface area contributed by atoms with Gasteiger partial charge in [0.1, 0.15) is 11.8 Å². The van der Waals surface area contributed by atoms with E-state index in [-0.39, 0.29) is 11.3 Å². The predicted molar refractivity (Wildman–Crippen MR) is 131 cm³/mol. The third-order valence-electron chi connectivity index (χ3n) is 6.08. The van der Waals surface area contributed by atoms with Crippen LogP contribution in [0.1, 0.15) is 63.3 Å². The summed E-state index contributed by atoms with van der Waals surface area (Å²) in [4.78, 5) is 34.5. The maximum atomic E-state index is 13.0. The molecule has 0 bridgehead atoms. The number of nitrogens with zero attached hydrogens (tertiary/aromatic N) is 3. The molecule has 2 heterocycles. The van der Waals surface area contributed by atoms with Gasteiger partial charge in [-0.05, 0) is 51.0 Å². The minimum absolute atomic E-state index is 0.110. The van der Waals surface area contributed by atoms with Crippen LogP contribution in [-0.2, 0) is 9.59 Å². The Bertz CT molecular complexity index is 936. The van der Waals surface area contributed by atoms with Gasteiger partial charge >= 0.3 is 0 Å². The normalized spacial score (nSPS) is 17.8. The number of carbonyl (C=O) groups excluding carboxylic acids is 2. The highest BCUT2D eigenvalue weighted by Gasteiger charge is 2.46. The second-order valence-corrected chi connectivity index (χ2v) is 8.52. The average Bonchev–Trinajstić information content (AvgIpc) is 3.11. The number of carbonyl (C=O) groups is 2. The molecule has 1 N–H and O–H groups in total. The molecule has 1 aromatic carbocycles. The smallest absolute Gasteiger partial charge is 0.295 e. The Labute approximate surface area is 196 Å². The Morgan fingerprint density at radius 2 is 1.58 bits per heavy atom. The van der Waals surface area contributed by atoms with Gasteiger partial charge in [-0.2, -0.15) is 0 Å². The molecular formula is C27H35N3O3. The Balaban J connectivity index is 1.85. The predicted octanol–water partition coefficient (Wildman–Crippen LogP) is 4.80. The van der Waals surface area contributed by atoms with Crippen molar-refractivity contribution in [1.29, 1.82) is 0 Å². The van der Waals surface area contributed by atoms with Crippen LogP contribution in [0.25, 0.3) is 5.76 Å². The second kappa shape index (κ2) is 12.3. The molecule has 1 amide bonds. The topological polar surface area (TPSA) is 73.7 Å². The number of amides is 1. The fourth-order valence-corrected chi connectivity index (χ4v) is 4.27. The lowest BCUT2D eigenvalue weighted by atomic mass is 9.98. The molecule has 6 nitrogen and oxygen atoms in total. The lowest BCUT2D eigenvalue weighted by Gasteiger charge is -2.27. The highest BCUT2D eigenvalue weighted by atomic mass is 16.3. The molecule has 1 fully saturated rings. The van der Waals surface area contributed by atoms with E-state index in [0.717, 1.165) is 51.7 Å². The van der Waals surface area contributed by atoms with Crippen molar-refractivity contribution in [1.82, 2.24) is 14.8 Å². The zero-order valence-electron chi connectivity index (χ0n) is 19.7. The van der Waals surface area contributed by atoms with Crippen LogP contribution in [0.4, 0.5) is 0 Å². The van der Waals surface area contributed by atoms with Crippen molar-refractivity contribution in [2.75, 3.05) is 26.2 Å². The monoisotopic (exact) mass is 449 g/mol. The molecule has 3 rings (SSSR count). The van der Waals surface area contributed by atoms with Gasteiger partial charge in [0.2, 0.25) is 0 Å². The summed E-state index contributed by atoms with van der Waals surface area (Å²) in [6.07, 6.45) is 7.01. The number of hydrogen-bond acceptors (Lipinski definition) is 5. The molecule has 1 aromatic heterocycles. The Morgan fingerprint density at radius 3 is 2.18 bits per heavy atom. The molecule has 6 heteroatoms. The molecule has 0 radical (unpaired) electrons. The minimum atomic E-state index is -0.689. The van der Waals surface area contributed by atoms with Crippen LogP contribution in [0.3, 0.4) is 0 Å². The number of aliphatic hydroxyl groups is 1. The SMILES string of the molecule is CCCCN(CCCC)CCCN1C(=O)C(=O)C(=C(O)c2ccccc2)[C@H]1c1ccccn1. The maximum Gasteiger partial charge on any atom is 0.295 e. The van der Waals surface area contributed by atoms with Gasteiger partial charge in [0, 0.05) is 18.3 Å². The van der Waals surface area contributed by atoms with E-state index >= 15 is 0 Å². The number of pyridine rings is 1. The molecule has 1 aliphatic heterocycles. The summed E-state index contributed by atoms with van der Waals surface area (Å²) >= 11 is 0. The van der Waals surface area contributed by atoms with Crippen molar-refractivity contribution in [3.8, 4) is 0 Å². The van der Waals surface area contributed by atoms with Crippen LogP contribution in [0, 0.1) is 0 Å². The van der Waals surface area contributed by atoms with Gasteiger partial charge < -0.3 is 14.9 Å². The largest absolute Gasteiger partial charge is 0.507 e. The fraction of sp³-hybridized carbons (Fsp3) is 0.444. The zero-order chi connectivity index (χ0) is 23.6. The van der Waals surface area contributed by atoms with E-state index in [2.05, 4.69) is 23.7 Å². The van der Waals surface area contributed by atoms with Gasteiger partial charge in [0.15, 0.2) is 0 Å². The number of hydrogen-bond donors (Lipinski definition) is 1. The molecule has 0 saturated carbocycles. The molecule has 176 valence electrons. The van der Waals surface area contributed by atoms with Crippen LogP contribution in [0.2, 0.25) is 0 Å². The Kier molecular flexibility index (Phi) is 9.19. The number of aromatic nitrogens is 1. The van der Waals surface area contributed by atoms with E-state index in [9.17, 15) is 14.7 Å². The first-order valence-electron chi connectivity index (χ1n) is 12.1. The molecule has 1 atom stereocenters. The van der Waals surface area contributed by atoms with Gasteiger partial charge in [-0.25, -0.2) is 0 Å². The van der Waals surface area contributed by atoms with Crippen LogP contribution >= 0.6 is 0 Å². The van der Waals surface area contributed by atoms with E-state index in [4.69, 9.17) is 0 Å². The molecule has 33 heavy (non-hydrogen) atoms. The summed E-state index contributed by atoms with van der Waals surface area (Å²) in [6.45, 7) is 7.79. The highest BCUT2D eigenvalue weighted by Crippen LogP contribution is 2.38. The highest BCUT2D eigenvalue weighted by molar-refractivity contribution is 6.46. The summed E-state index contributed by atoms with van der Waals surface area (Å²) in [5.41, 5.74) is 1.21. The van der Waals surface area contributed by atoms with E-state index in [1.54, 1.807) is 47.5 Å². The number of Topliss-reactive ketones (excluding diaryl/α,β-unsaturated/α-hetero) is 1. The van der Waals surface area contributed by atoms with Gasteiger partial charge in [-0.1, -0.05) is 63.1 Å². The number of unbranched alkanes of at least 4 members (excludes halogenated alkanes) is 2. The van der Waals surface area contributed by atoms with Crippen molar-refractivity contribution in [2.45, 2.75) is 52.0 Å². The molecule has 0 spiro atoms. The average molecular weight is 450 g/mol. The first-order chi connectivity index (χ1) is 16.1. The minimum Gasteiger partial charge on any atom is -0.507 e. The number of benzene rings is 1. The molecule has 2 aromatic rings. The lowest BCUT2D eigenvalue weighted by Crippen LogP contribution is -2.34. The number of rotatable bonds is 12. The first kappa shape index (κ1) is 24.6. The van der Waals surface area contributed by atoms with Crippen LogP contribution in [0.5, 0.6) is 0 Å². The van der Waals surface area contributed by atoms with Gasteiger partial charge in [-0.15, -0.1) is 0 Å². The number of likely N-dealkylation sites (tertiary alicyclic amines) is 1. The van der Waals surface area contributed by atoms with E-state index in [1.165, 1.54) is 0 Å². The summed E-state index contributed by atoms with van der Waals surface area (Å²) < 4.78 is 0. The number of ketones is 1. The van der Waals surface area contributed by atoms with Crippen molar-refractivity contribution in [2.24, 2.45) is 0 Å². The summed E-state index contributed by atoms with van der Waals surface area (Å²) in [5.74, 6) is -1.38. The third kappa shape index (κ3) is 6.08. The Hall–Kier alpha value is -2.99. The fourth-order valence-electron chi connectivity index (χ4n) is 4.27. The van der Waals surface area contributed by atoms with Crippen molar-refractivity contribution in [3.63, 3.8) is 0 Å². The van der Waals surface area contributed by atoms with Crippen molar-refractivity contribution < 1.29 is 14.7 Å². The molecule has 1 aliphatic rings. The molecule has 1 saturated heterocycles. The maximum absolute atomic E-state index is 13.0.